The van der Waals surface area contributed by atoms with Crippen LogP contribution in [0.3, 0.4) is 0 Å². The lowest BCUT2D eigenvalue weighted by atomic mass is 10.2. The summed E-state index contributed by atoms with van der Waals surface area (Å²) < 4.78 is 25.8. The van der Waals surface area contributed by atoms with Crippen molar-refractivity contribution in [1.82, 2.24) is 4.98 Å². The third-order valence-corrected chi connectivity index (χ3v) is 4.10. The van der Waals surface area contributed by atoms with E-state index in [0.717, 1.165) is 0 Å². The molecule has 0 atom stereocenters. The first-order valence-electron chi connectivity index (χ1n) is 5.62. The summed E-state index contributed by atoms with van der Waals surface area (Å²) in [7, 11) is 0. The first-order chi connectivity index (χ1) is 9.97. The Labute approximate surface area is 137 Å². The fraction of sp³-hybridized carbons (Fsp3) is 0.0769. The number of carbonyl (C=O) groups is 1. The Balaban J connectivity index is 2.27. The van der Waals surface area contributed by atoms with Gasteiger partial charge in [0.15, 0.2) is 0 Å². The number of nitrogens with one attached hydrogen (secondary N) is 1. The van der Waals surface area contributed by atoms with Crippen molar-refractivity contribution < 1.29 is 13.6 Å². The first-order valence-corrected chi connectivity index (χ1v) is 7.67. The van der Waals surface area contributed by atoms with E-state index in [0.29, 0.717) is 10.0 Å². The first kappa shape index (κ1) is 16.2. The molecule has 1 heterocycles. The van der Waals surface area contributed by atoms with Gasteiger partial charge < -0.3 is 5.32 Å². The van der Waals surface area contributed by atoms with Crippen molar-refractivity contribution in [2.24, 2.45) is 0 Å². The molecule has 2 aromatic rings. The Kier molecular flexibility index (Phi) is 5.55. The number of alkyl halides is 2. The highest BCUT2D eigenvalue weighted by atomic mass is 79.9. The molecule has 0 spiro atoms. The van der Waals surface area contributed by atoms with Crippen molar-refractivity contribution in [3.8, 4) is 0 Å². The number of thioether (sulfide) groups is 1. The fourth-order valence-electron chi connectivity index (χ4n) is 1.55. The van der Waals surface area contributed by atoms with Crippen LogP contribution in [0, 0.1) is 0 Å². The summed E-state index contributed by atoms with van der Waals surface area (Å²) in [5, 5.41) is 2.72. The summed E-state index contributed by atoms with van der Waals surface area (Å²) in [6.45, 7) is 0. The minimum absolute atomic E-state index is 0.130. The van der Waals surface area contributed by atoms with E-state index in [2.05, 4.69) is 26.2 Å². The number of hydrogen-bond acceptors (Lipinski definition) is 3. The van der Waals surface area contributed by atoms with Gasteiger partial charge in [-0.05, 0) is 34.1 Å². The molecular weight excluding hydrogens is 386 g/mol. The predicted molar refractivity (Wildman–Crippen MR) is 83.2 cm³/mol. The molecule has 0 aliphatic carbocycles. The second kappa shape index (κ2) is 7.20. The standard InChI is InChI=1S/C13H8BrClF2N2OS/c14-8-4-7(5-18-6-8)12(20)19-10-3-1-2-9(15)11(10)21-13(16)17/h1-6,13H,(H,19,20). The molecule has 3 nitrogen and oxygen atoms in total. The topological polar surface area (TPSA) is 42.0 Å². The number of rotatable bonds is 4. The van der Waals surface area contributed by atoms with Crippen LogP contribution in [0.4, 0.5) is 14.5 Å². The number of hydrogen-bond donors (Lipinski definition) is 1. The van der Waals surface area contributed by atoms with Gasteiger partial charge in [-0.3, -0.25) is 9.78 Å². The van der Waals surface area contributed by atoms with E-state index in [9.17, 15) is 13.6 Å². The average molecular weight is 394 g/mol. The molecule has 21 heavy (non-hydrogen) atoms. The Bertz CT molecular complexity index is 672. The van der Waals surface area contributed by atoms with Gasteiger partial charge in [0, 0.05) is 16.9 Å². The summed E-state index contributed by atoms with van der Waals surface area (Å²) in [5.74, 6) is -3.09. The lowest BCUT2D eigenvalue weighted by Crippen LogP contribution is -2.13. The van der Waals surface area contributed by atoms with E-state index in [-0.39, 0.29) is 27.4 Å². The van der Waals surface area contributed by atoms with E-state index in [1.54, 1.807) is 12.1 Å². The van der Waals surface area contributed by atoms with Crippen molar-refractivity contribution >= 4 is 50.9 Å². The molecule has 8 heteroatoms. The molecule has 0 unspecified atom stereocenters. The average Bonchev–Trinajstić information content (AvgIpc) is 2.42. The highest BCUT2D eigenvalue weighted by Crippen LogP contribution is 2.37. The van der Waals surface area contributed by atoms with Gasteiger partial charge in [0.05, 0.1) is 21.2 Å². The van der Waals surface area contributed by atoms with Gasteiger partial charge >= 0.3 is 0 Å². The normalized spacial score (nSPS) is 10.7. The predicted octanol–water partition coefficient (Wildman–Crippen LogP) is 5.06. The molecule has 0 saturated heterocycles. The molecule has 1 aromatic carbocycles. The fourth-order valence-corrected chi connectivity index (χ4v) is 2.82. The van der Waals surface area contributed by atoms with Crippen LogP contribution in [0.25, 0.3) is 0 Å². The van der Waals surface area contributed by atoms with Crippen LogP contribution >= 0.6 is 39.3 Å². The zero-order valence-electron chi connectivity index (χ0n) is 10.3. The Hall–Kier alpha value is -1.18. The third-order valence-electron chi connectivity index (χ3n) is 2.39. The minimum Gasteiger partial charge on any atom is -0.321 e. The minimum atomic E-state index is -2.63. The molecule has 1 N–H and O–H groups in total. The van der Waals surface area contributed by atoms with Gasteiger partial charge in [-0.25, -0.2) is 0 Å². The van der Waals surface area contributed by atoms with E-state index in [4.69, 9.17) is 11.6 Å². The van der Waals surface area contributed by atoms with Gasteiger partial charge in [0.2, 0.25) is 0 Å². The van der Waals surface area contributed by atoms with Crippen molar-refractivity contribution in [2.75, 3.05) is 5.32 Å². The molecule has 0 aliphatic rings. The summed E-state index contributed by atoms with van der Waals surface area (Å²) in [6, 6.07) is 6.15. The molecule has 0 saturated carbocycles. The van der Waals surface area contributed by atoms with Crippen LogP contribution in [0.5, 0.6) is 0 Å². The number of nitrogens with zero attached hydrogens (tertiary/aromatic N) is 1. The van der Waals surface area contributed by atoms with Gasteiger partial charge in [-0.1, -0.05) is 29.4 Å². The number of benzene rings is 1. The molecule has 0 bridgehead atoms. The molecule has 110 valence electrons. The molecule has 0 radical (unpaired) electrons. The SMILES string of the molecule is O=C(Nc1cccc(Cl)c1SC(F)F)c1cncc(Br)c1. The highest BCUT2D eigenvalue weighted by molar-refractivity contribution is 9.10. The molecule has 2 rings (SSSR count). The highest BCUT2D eigenvalue weighted by Gasteiger charge is 2.16. The Morgan fingerprint density at radius 2 is 2.14 bits per heavy atom. The van der Waals surface area contributed by atoms with Crippen molar-refractivity contribution in [3.63, 3.8) is 0 Å². The summed E-state index contributed by atoms with van der Waals surface area (Å²) >= 11 is 9.40. The van der Waals surface area contributed by atoms with Gasteiger partial charge in [-0.2, -0.15) is 8.78 Å². The van der Waals surface area contributed by atoms with E-state index < -0.39 is 11.7 Å². The van der Waals surface area contributed by atoms with Crippen molar-refractivity contribution in [2.45, 2.75) is 10.7 Å². The van der Waals surface area contributed by atoms with Crippen LogP contribution in [0.15, 0.2) is 46.0 Å². The van der Waals surface area contributed by atoms with Crippen LogP contribution in [0.2, 0.25) is 5.02 Å². The van der Waals surface area contributed by atoms with E-state index in [1.807, 2.05) is 0 Å². The molecule has 0 aliphatic heterocycles. The lowest BCUT2D eigenvalue weighted by molar-refractivity contribution is 0.102. The van der Waals surface area contributed by atoms with Crippen molar-refractivity contribution in [1.29, 1.82) is 0 Å². The largest absolute Gasteiger partial charge is 0.321 e. The van der Waals surface area contributed by atoms with Crippen LogP contribution in [-0.4, -0.2) is 16.6 Å². The van der Waals surface area contributed by atoms with Crippen LogP contribution < -0.4 is 5.32 Å². The summed E-state index contributed by atoms with van der Waals surface area (Å²) in [5.41, 5.74) is 0.537. The molecule has 1 amide bonds. The molecule has 0 fully saturated rings. The lowest BCUT2D eigenvalue weighted by Gasteiger charge is -2.12. The second-order valence-electron chi connectivity index (χ2n) is 3.84. The molecule has 1 aromatic heterocycles. The third kappa shape index (κ3) is 4.39. The van der Waals surface area contributed by atoms with Crippen LogP contribution in [0.1, 0.15) is 10.4 Å². The summed E-state index contributed by atoms with van der Waals surface area (Å²) in [4.78, 5) is 16.1. The number of amides is 1. The maximum atomic E-state index is 12.6. The van der Waals surface area contributed by atoms with E-state index >= 15 is 0 Å². The van der Waals surface area contributed by atoms with E-state index in [1.165, 1.54) is 24.5 Å². The van der Waals surface area contributed by atoms with Gasteiger partial charge in [0.25, 0.3) is 11.7 Å². The zero-order chi connectivity index (χ0) is 15.4. The zero-order valence-corrected chi connectivity index (χ0v) is 13.5. The summed E-state index contributed by atoms with van der Waals surface area (Å²) in [6.07, 6.45) is 2.92. The monoisotopic (exact) mass is 392 g/mol. The maximum Gasteiger partial charge on any atom is 0.289 e. The number of pyridine rings is 1. The smallest absolute Gasteiger partial charge is 0.289 e. The second-order valence-corrected chi connectivity index (χ2v) is 6.16. The number of anilines is 1. The number of carbonyl (C=O) groups excluding carboxylic acids is 1. The quantitative estimate of drug-likeness (QED) is 0.738. The Morgan fingerprint density at radius 3 is 2.81 bits per heavy atom. The van der Waals surface area contributed by atoms with Gasteiger partial charge in [0.1, 0.15) is 0 Å². The van der Waals surface area contributed by atoms with Gasteiger partial charge in [-0.15, -0.1) is 0 Å². The molecular formula is C13H8BrClF2N2OS. The maximum absolute atomic E-state index is 12.6. The Morgan fingerprint density at radius 1 is 1.38 bits per heavy atom. The van der Waals surface area contributed by atoms with Crippen molar-refractivity contribution in [3.05, 3.63) is 51.7 Å². The number of halogens is 4. The number of aromatic nitrogens is 1. The van der Waals surface area contributed by atoms with Crippen LogP contribution in [-0.2, 0) is 0 Å².